The van der Waals surface area contributed by atoms with E-state index < -0.39 is 6.04 Å². The number of hydrogen-bond donors (Lipinski definition) is 0. The van der Waals surface area contributed by atoms with Crippen LogP contribution in [0, 0.1) is 16.7 Å². The topological polar surface area (TPSA) is 72.1 Å². The summed E-state index contributed by atoms with van der Waals surface area (Å²) in [5.74, 6) is 0.0989. The highest BCUT2D eigenvalue weighted by Crippen LogP contribution is 2.51. The fourth-order valence-electron chi connectivity index (χ4n) is 4.91. The van der Waals surface area contributed by atoms with Gasteiger partial charge in [0.1, 0.15) is 6.04 Å². The number of ketones is 1. The van der Waals surface area contributed by atoms with Crippen molar-refractivity contribution < 1.29 is 4.79 Å². The Bertz CT molecular complexity index is 1410. The number of azo groups is 1. The van der Waals surface area contributed by atoms with E-state index in [4.69, 9.17) is 12.2 Å². The molecule has 0 N–H and O–H groups in total. The van der Waals surface area contributed by atoms with Crippen molar-refractivity contribution in [1.82, 2.24) is 5.01 Å². The second-order valence-electron chi connectivity index (χ2n) is 9.75. The number of benzene rings is 3. The first-order valence-electron chi connectivity index (χ1n) is 11.8. The maximum Gasteiger partial charge on any atom is 0.239 e. The summed E-state index contributed by atoms with van der Waals surface area (Å²) in [4.78, 5) is 13.7. The number of Topliss-reactive ketones (excluding diaryl/α,β-unsaturated/α-hetero) is 1. The first-order chi connectivity index (χ1) is 17.4. The van der Waals surface area contributed by atoms with Crippen molar-refractivity contribution in [2.75, 3.05) is 5.01 Å². The number of para-hydroxylation sites is 1. The van der Waals surface area contributed by atoms with Crippen molar-refractivity contribution in [3.63, 3.8) is 0 Å². The molecule has 0 fully saturated rings. The standard InChI is InChI=1S/C29H25N5OS/c1-29(2)17-24-26(25(35)18-29)27(21-15-13-20(19-30)14-16-21)33(23-11-7-4-8-12-23)34(24)28(36)32-31-22-9-5-3-6-10-22/h3-16,27H,17-18H2,1-2H3. The highest BCUT2D eigenvalue weighted by Gasteiger charge is 2.49. The Labute approximate surface area is 216 Å². The third-order valence-electron chi connectivity index (χ3n) is 6.45. The zero-order valence-corrected chi connectivity index (χ0v) is 20.9. The molecule has 1 unspecified atom stereocenters. The lowest BCUT2D eigenvalue weighted by molar-refractivity contribution is -0.118. The van der Waals surface area contributed by atoms with Crippen LogP contribution in [0.3, 0.4) is 0 Å². The third kappa shape index (κ3) is 4.43. The summed E-state index contributed by atoms with van der Waals surface area (Å²) >= 11 is 5.85. The number of allylic oxidation sites excluding steroid dienone is 1. The van der Waals surface area contributed by atoms with Crippen LogP contribution >= 0.6 is 12.2 Å². The Hall–Kier alpha value is -4.15. The molecule has 3 aromatic carbocycles. The molecule has 5 rings (SSSR count). The number of thiocarbonyl (C=S) groups is 1. The quantitative estimate of drug-likeness (QED) is 0.290. The lowest BCUT2D eigenvalue weighted by atomic mass is 9.74. The third-order valence-corrected chi connectivity index (χ3v) is 6.70. The minimum Gasteiger partial charge on any atom is -0.294 e. The minimum atomic E-state index is -0.399. The van der Waals surface area contributed by atoms with Crippen LogP contribution in [0.15, 0.2) is 106 Å². The van der Waals surface area contributed by atoms with Crippen molar-refractivity contribution >= 4 is 34.5 Å². The first-order valence-corrected chi connectivity index (χ1v) is 12.2. The summed E-state index contributed by atoms with van der Waals surface area (Å²) in [7, 11) is 0. The molecule has 36 heavy (non-hydrogen) atoms. The van der Waals surface area contributed by atoms with Gasteiger partial charge >= 0.3 is 0 Å². The van der Waals surface area contributed by atoms with Crippen LogP contribution in [0.25, 0.3) is 0 Å². The van der Waals surface area contributed by atoms with E-state index in [-0.39, 0.29) is 16.3 Å². The predicted octanol–water partition coefficient (Wildman–Crippen LogP) is 7.05. The summed E-state index contributed by atoms with van der Waals surface area (Å²) < 4.78 is 0. The molecule has 6 nitrogen and oxygen atoms in total. The maximum atomic E-state index is 13.7. The molecule has 0 radical (unpaired) electrons. The van der Waals surface area contributed by atoms with Gasteiger partial charge in [0.2, 0.25) is 5.11 Å². The summed E-state index contributed by atoms with van der Waals surface area (Å²) in [6.45, 7) is 4.20. The fraction of sp³-hybridized carbons (Fsp3) is 0.207. The van der Waals surface area contributed by atoms with Gasteiger partial charge in [-0.2, -0.15) is 5.26 Å². The zero-order valence-electron chi connectivity index (χ0n) is 20.1. The van der Waals surface area contributed by atoms with Crippen LogP contribution in [0.2, 0.25) is 0 Å². The number of rotatable bonds is 3. The average Bonchev–Trinajstić information content (AvgIpc) is 3.22. The van der Waals surface area contributed by atoms with Gasteiger partial charge in [0.05, 0.1) is 28.7 Å². The van der Waals surface area contributed by atoms with E-state index >= 15 is 0 Å². The highest BCUT2D eigenvalue weighted by atomic mass is 32.1. The van der Waals surface area contributed by atoms with Crippen molar-refractivity contribution in [2.24, 2.45) is 15.6 Å². The Morgan fingerprint density at radius 1 is 0.972 bits per heavy atom. The normalized spacial score (nSPS) is 18.9. The molecule has 1 aliphatic heterocycles. The van der Waals surface area contributed by atoms with Gasteiger partial charge in [0.15, 0.2) is 5.78 Å². The number of anilines is 1. The molecule has 2 aliphatic rings. The molecule has 0 saturated heterocycles. The molecule has 178 valence electrons. The van der Waals surface area contributed by atoms with Gasteiger partial charge < -0.3 is 0 Å². The van der Waals surface area contributed by atoms with Crippen molar-refractivity contribution in [3.05, 3.63) is 107 Å². The van der Waals surface area contributed by atoms with Crippen molar-refractivity contribution in [1.29, 1.82) is 5.26 Å². The number of nitriles is 1. The molecule has 0 aromatic heterocycles. The van der Waals surface area contributed by atoms with Crippen molar-refractivity contribution in [3.8, 4) is 6.07 Å². The van der Waals surface area contributed by atoms with E-state index in [9.17, 15) is 10.1 Å². The summed E-state index contributed by atoms with van der Waals surface area (Å²) in [5, 5.41) is 22.3. The van der Waals surface area contributed by atoms with Crippen LogP contribution in [0.1, 0.15) is 43.9 Å². The number of carbonyl (C=O) groups excluding carboxylic acids is 1. The monoisotopic (exact) mass is 491 g/mol. The summed E-state index contributed by atoms with van der Waals surface area (Å²) in [6, 6.07) is 28.5. The van der Waals surface area contributed by atoms with E-state index in [0.29, 0.717) is 24.1 Å². The number of hydrazine groups is 1. The van der Waals surface area contributed by atoms with Gasteiger partial charge in [-0.1, -0.05) is 62.4 Å². The van der Waals surface area contributed by atoms with Gasteiger partial charge in [0, 0.05) is 12.0 Å². The minimum absolute atomic E-state index is 0.0989. The van der Waals surface area contributed by atoms with Crippen LogP contribution in [-0.2, 0) is 4.79 Å². The smallest absolute Gasteiger partial charge is 0.239 e. The Morgan fingerprint density at radius 3 is 2.25 bits per heavy atom. The van der Waals surface area contributed by atoms with Crippen molar-refractivity contribution in [2.45, 2.75) is 32.7 Å². The van der Waals surface area contributed by atoms with E-state index in [1.807, 2.05) is 82.8 Å². The van der Waals surface area contributed by atoms with Gasteiger partial charge in [-0.15, -0.1) is 10.2 Å². The predicted molar refractivity (Wildman–Crippen MR) is 143 cm³/mol. The molecule has 1 aliphatic carbocycles. The summed E-state index contributed by atoms with van der Waals surface area (Å²) in [5.41, 5.74) is 4.41. The fourth-order valence-corrected chi connectivity index (χ4v) is 5.15. The lowest BCUT2D eigenvalue weighted by Crippen LogP contribution is -2.42. The molecule has 0 spiro atoms. The van der Waals surface area contributed by atoms with Crippen LogP contribution in [-0.4, -0.2) is 15.9 Å². The second kappa shape index (κ2) is 9.48. The van der Waals surface area contributed by atoms with E-state index in [0.717, 1.165) is 22.5 Å². The van der Waals surface area contributed by atoms with E-state index in [2.05, 4.69) is 30.1 Å². The maximum absolute atomic E-state index is 13.7. The number of nitrogens with zero attached hydrogens (tertiary/aromatic N) is 5. The molecular weight excluding hydrogens is 466 g/mol. The lowest BCUT2D eigenvalue weighted by Gasteiger charge is -2.37. The van der Waals surface area contributed by atoms with E-state index in [1.54, 1.807) is 12.1 Å². The Balaban J connectivity index is 1.67. The van der Waals surface area contributed by atoms with Gasteiger partial charge in [-0.05, 0) is 66.0 Å². The Morgan fingerprint density at radius 2 is 1.61 bits per heavy atom. The zero-order chi connectivity index (χ0) is 25.3. The van der Waals surface area contributed by atoms with Crippen LogP contribution in [0.4, 0.5) is 11.4 Å². The Kier molecular flexibility index (Phi) is 6.21. The molecule has 0 saturated carbocycles. The molecular formula is C29H25N5OS. The number of hydrogen-bond acceptors (Lipinski definition) is 5. The highest BCUT2D eigenvalue weighted by molar-refractivity contribution is 7.80. The van der Waals surface area contributed by atoms with Crippen LogP contribution in [0.5, 0.6) is 0 Å². The molecule has 1 heterocycles. The second-order valence-corrected chi connectivity index (χ2v) is 10.1. The summed E-state index contributed by atoms with van der Waals surface area (Å²) in [6.07, 6.45) is 1.12. The molecule has 1 atom stereocenters. The molecule has 3 aromatic rings. The van der Waals surface area contributed by atoms with Crippen LogP contribution < -0.4 is 5.01 Å². The van der Waals surface area contributed by atoms with E-state index in [1.165, 1.54) is 0 Å². The van der Waals surface area contributed by atoms with Gasteiger partial charge in [0.25, 0.3) is 0 Å². The molecule has 7 heteroatoms. The SMILES string of the molecule is CC1(C)CC(=O)C2=C(C1)N(C(=S)N=Nc1ccccc1)N(c1ccccc1)C2c1ccc(C#N)cc1. The number of carbonyl (C=O) groups is 1. The molecule has 0 bridgehead atoms. The molecule has 0 amide bonds. The first kappa shape index (κ1) is 23.6. The average molecular weight is 492 g/mol. The largest absolute Gasteiger partial charge is 0.294 e. The van der Waals surface area contributed by atoms with Gasteiger partial charge in [-0.25, -0.2) is 5.01 Å². The van der Waals surface area contributed by atoms with Gasteiger partial charge in [-0.3, -0.25) is 9.80 Å².